The Morgan fingerprint density at radius 3 is 1.40 bits per heavy atom. The Morgan fingerprint density at radius 1 is 0.690 bits per heavy atom. The van der Waals surface area contributed by atoms with E-state index < -0.39 is 0 Å². The molecule has 0 heterocycles. The largest absolute Gasteiger partial charge is 0.497 e. The number of ether oxygens (including phenoxy) is 2. The third kappa shape index (κ3) is 15.6. The van der Waals surface area contributed by atoms with Crippen LogP contribution in [-0.4, -0.2) is 73.0 Å². The molecule has 2 N–H and O–H groups in total. The van der Waals surface area contributed by atoms with Crippen LogP contribution in [0.4, 0.5) is 0 Å². The number of nitrogens with zero attached hydrogens (tertiary/aromatic N) is 1. The van der Waals surface area contributed by atoms with Gasteiger partial charge in [-0.25, -0.2) is 0 Å². The quantitative estimate of drug-likeness (QED) is 0.265. The van der Waals surface area contributed by atoms with Crippen LogP contribution in [-0.2, 0) is 24.0 Å². The molecule has 3 amide bonds. The van der Waals surface area contributed by atoms with Gasteiger partial charge in [0.15, 0.2) is 0 Å². The van der Waals surface area contributed by atoms with E-state index in [4.69, 9.17) is 9.47 Å². The molecule has 10 nitrogen and oxygen atoms in total. The van der Waals surface area contributed by atoms with Gasteiger partial charge in [0.25, 0.3) is 0 Å². The van der Waals surface area contributed by atoms with Crippen LogP contribution < -0.4 is 20.1 Å². The van der Waals surface area contributed by atoms with Gasteiger partial charge in [0.1, 0.15) is 23.1 Å². The van der Waals surface area contributed by atoms with Gasteiger partial charge < -0.3 is 20.1 Å². The minimum atomic E-state index is -0.353. The zero-order chi connectivity index (χ0) is 32.2. The monoisotopic (exact) mass is 621 g/mol. The molecule has 232 valence electrons. The number of carbonyl (C=O) groups excluding carboxylic acids is 5. The summed E-state index contributed by atoms with van der Waals surface area (Å²) < 4.78 is 10.2. The molecule has 0 spiro atoms. The summed E-state index contributed by atoms with van der Waals surface area (Å²) in [5, 5.41) is 5.51. The fourth-order valence-electron chi connectivity index (χ4n) is 3.46. The third-order valence-corrected chi connectivity index (χ3v) is 6.26. The number of rotatable bonds is 12. The molecule has 2 rings (SSSR count). The number of hydrogen-bond donors (Lipinski definition) is 4. The molecule has 0 saturated carbocycles. The smallest absolute Gasteiger partial charge is 0.226 e. The molecule has 2 atom stereocenters. The van der Waals surface area contributed by atoms with Crippen molar-refractivity contribution in [1.29, 1.82) is 0 Å². The van der Waals surface area contributed by atoms with E-state index in [0.29, 0.717) is 18.1 Å². The lowest BCUT2D eigenvalue weighted by Gasteiger charge is -2.27. The van der Waals surface area contributed by atoms with Gasteiger partial charge >= 0.3 is 0 Å². The standard InChI is InChI=1S/C13H17NO3S.C12H17NO2S.C5H9NO2/c1-9(15)14(10(2)16)13(8-18)11-4-6-12(17-3)7-5-11;1-9(14)7-13-12(8-16)10-3-5-11(15-2)6-4-10;1-4(7)3-6-5(2)8/h4-7,13,18H,8H2,1-3H3;3-6,12-13,16H,7-8H2,1-2H3;3H2,1-2H3,(H,6,8). The molecule has 0 aliphatic heterocycles. The van der Waals surface area contributed by atoms with Gasteiger partial charge in [-0.05, 0) is 49.2 Å². The summed E-state index contributed by atoms with van der Waals surface area (Å²) in [7, 11) is 3.22. The highest BCUT2D eigenvalue weighted by Gasteiger charge is 2.25. The molecule has 0 bridgehead atoms. The Bertz CT molecular complexity index is 1110. The van der Waals surface area contributed by atoms with E-state index in [1.165, 1.54) is 32.6 Å². The number of amides is 3. The molecule has 12 heteroatoms. The van der Waals surface area contributed by atoms with E-state index >= 15 is 0 Å². The summed E-state index contributed by atoms with van der Waals surface area (Å²) in [5.41, 5.74) is 1.97. The Morgan fingerprint density at radius 2 is 1.12 bits per heavy atom. The molecule has 0 saturated heterocycles. The summed E-state index contributed by atoms with van der Waals surface area (Å²) in [4.78, 5) is 55.4. The van der Waals surface area contributed by atoms with E-state index in [1.807, 2.05) is 36.4 Å². The highest BCUT2D eigenvalue weighted by molar-refractivity contribution is 7.80. The molecule has 0 aromatic heterocycles. The highest BCUT2D eigenvalue weighted by atomic mass is 32.1. The lowest BCUT2D eigenvalue weighted by Crippen LogP contribution is -2.37. The van der Waals surface area contributed by atoms with Crippen LogP contribution in [0.15, 0.2) is 48.5 Å². The number of carbonyl (C=O) groups is 5. The van der Waals surface area contributed by atoms with Crippen LogP contribution in [0.3, 0.4) is 0 Å². The van der Waals surface area contributed by atoms with Crippen LogP contribution in [0.1, 0.15) is 57.8 Å². The number of nitrogens with one attached hydrogen (secondary N) is 2. The maximum atomic E-state index is 11.5. The zero-order valence-corrected chi connectivity index (χ0v) is 27.1. The maximum absolute atomic E-state index is 11.5. The SMILES string of the molecule is CC(=O)CNC(C)=O.COc1ccc(C(CS)N(C(C)=O)C(C)=O)cc1.COc1ccc(C(CS)NCC(C)=O)cc1. The van der Waals surface area contributed by atoms with E-state index in [9.17, 15) is 24.0 Å². The van der Waals surface area contributed by atoms with Gasteiger partial charge in [-0.3, -0.25) is 28.9 Å². The lowest BCUT2D eigenvalue weighted by atomic mass is 10.1. The van der Waals surface area contributed by atoms with Crippen molar-refractivity contribution in [2.75, 3.05) is 38.8 Å². The highest BCUT2D eigenvalue weighted by Crippen LogP contribution is 2.24. The second kappa shape index (κ2) is 21.4. The number of ketones is 2. The Kier molecular flexibility index (Phi) is 19.7. The summed E-state index contributed by atoms with van der Waals surface area (Å²) in [6.07, 6.45) is 0. The van der Waals surface area contributed by atoms with Crippen molar-refractivity contribution >= 4 is 54.5 Å². The first kappa shape index (κ1) is 38.6. The minimum absolute atomic E-state index is 0.0276. The number of thiol groups is 2. The number of benzene rings is 2. The van der Waals surface area contributed by atoms with Crippen molar-refractivity contribution in [2.45, 2.75) is 46.7 Å². The topological polar surface area (TPSA) is 131 Å². The van der Waals surface area contributed by atoms with Gasteiger partial charge in [-0.15, -0.1) is 0 Å². The average Bonchev–Trinajstić information content (AvgIpc) is 2.95. The van der Waals surface area contributed by atoms with Crippen molar-refractivity contribution in [1.82, 2.24) is 15.5 Å². The molecule has 0 radical (unpaired) electrons. The maximum Gasteiger partial charge on any atom is 0.226 e. The van der Waals surface area contributed by atoms with E-state index in [-0.39, 0.29) is 47.9 Å². The lowest BCUT2D eigenvalue weighted by molar-refractivity contribution is -0.144. The van der Waals surface area contributed by atoms with Crippen LogP contribution in [0, 0.1) is 0 Å². The van der Waals surface area contributed by atoms with Gasteiger partial charge in [0.05, 0.1) is 33.4 Å². The molecular weight excluding hydrogens is 578 g/mol. The number of methoxy groups -OCH3 is 2. The van der Waals surface area contributed by atoms with Crippen LogP contribution in [0.2, 0.25) is 0 Å². The van der Waals surface area contributed by atoms with E-state index in [0.717, 1.165) is 22.6 Å². The fourth-order valence-corrected chi connectivity index (χ4v) is 4.18. The van der Waals surface area contributed by atoms with Crippen molar-refractivity contribution in [2.24, 2.45) is 0 Å². The fraction of sp³-hybridized carbons (Fsp3) is 0.433. The van der Waals surface area contributed by atoms with Crippen LogP contribution in [0.5, 0.6) is 11.5 Å². The van der Waals surface area contributed by atoms with Gasteiger partial charge in [0.2, 0.25) is 17.7 Å². The Balaban J connectivity index is 0.000000644. The predicted molar refractivity (Wildman–Crippen MR) is 170 cm³/mol. The van der Waals surface area contributed by atoms with Crippen molar-refractivity contribution < 1.29 is 33.4 Å². The van der Waals surface area contributed by atoms with E-state index in [1.54, 1.807) is 33.3 Å². The third-order valence-electron chi connectivity index (χ3n) is 5.55. The predicted octanol–water partition coefficient (Wildman–Crippen LogP) is 3.62. The van der Waals surface area contributed by atoms with Crippen LogP contribution >= 0.6 is 25.3 Å². The molecule has 0 aliphatic carbocycles. The minimum Gasteiger partial charge on any atom is -0.497 e. The van der Waals surface area contributed by atoms with Gasteiger partial charge in [0, 0.05) is 38.3 Å². The van der Waals surface area contributed by atoms with E-state index in [2.05, 4.69) is 35.9 Å². The Hall–Kier alpha value is -3.35. The second-order valence-corrected chi connectivity index (χ2v) is 9.81. The van der Waals surface area contributed by atoms with Crippen molar-refractivity contribution in [3.63, 3.8) is 0 Å². The summed E-state index contributed by atoms with van der Waals surface area (Å²) >= 11 is 8.50. The summed E-state index contributed by atoms with van der Waals surface area (Å²) in [6.45, 7) is 7.64. The molecular formula is C30H43N3O7S2. The van der Waals surface area contributed by atoms with Crippen LogP contribution in [0.25, 0.3) is 0 Å². The first-order valence-corrected chi connectivity index (χ1v) is 14.3. The Labute approximate surface area is 259 Å². The average molecular weight is 622 g/mol. The van der Waals surface area contributed by atoms with Gasteiger partial charge in [-0.2, -0.15) is 25.3 Å². The second-order valence-electron chi connectivity index (χ2n) is 9.08. The molecule has 2 aromatic rings. The summed E-state index contributed by atoms with van der Waals surface area (Å²) in [5.74, 6) is 1.96. The van der Waals surface area contributed by atoms with Crippen molar-refractivity contribution in [3.05, 3.63) is 59.7 Å². The molecule has 0 aliphatic rings. The number of Topliss-reactive ketones (excluding diaryl/α,β-unsaturated/α-hetero) is 2. The van der Waals surface area contributed by atoms with Gasteiger partial charge in [-0.1, -0.05) is 24.3 Å². The molecule has 2 aromatic carbocycles. The molecule has 0 fully saturated rings. The molecule has 2 unspecified atom stereocenters. The first-order valence-electron chi connectivity index (χ1n) is 13.1. The first-order chi connectivity index (χ1) is 19.8. The molecule has 42 heavy (non-hydrogen) atoms. The van der Waals surface area contributed by atoms with Crippen molar-refractivity contribution in [3.8, 4) is 11.5 Å². The normalized spacial score (nSPS) is 11.3. The number of imide groups is 1. The number of hydrogen-bond acceptors (Lipinski definition) is 10. The summed E-state index contributed by atoms with van der Waals surface area (Å²) in [6, 6.07) is 14.8. The zero-order valence-electron chi connectivity index (χ0n) is 25.3.